The SMILES string of the molecule is O=c1[nH]nc2cc(-c3ccc(CN4CCC(CCO)CC4)cc3)c3ccccc3n12. The van der Waals surface area contributed by atoms with E-state index in [0.29, 0.717) is 18.2 Å². The van der Waals surface area contributed by atoms with Crippen LogP contribution in [0.15, 0.2) is 59.4 Å². The molecular formula is C24H26N4O2. The maximum absolute atomic E-state index is 12.2. The van der Waals surface area contributed by atoms with E-state index in [9.17, 15) is 4.79 Å². The third-order valence-corrected chi connectivity index (χ3v) is 6.32. The lowest BCUT2D eigenvalue weighted by molar-refractivity contribution is 0.153. The topological polar surface area (TPSA) is 73.6 Å². The smallest absolute Gasteiger partial charge is 0.348 e. The number of aliphatic hydroxyl groups is 1. The number of hydrogen-bond acceptors (Lipinski definition) is 4. The number of aliphatic hydroxyl groups excluding tert-OH is 1. The van der Waals surface area contributed by atoms with Crippen LogP contribution in [0.2, 0.25) is 0 Å². The standard InChI is InChI=1S/C24H26N4O2/c29-14-11-17-9-12-27(13-10-17)16-18-5-7-19(8-6-18)21-15-23-25-26-24(30)28(23)22-4-2-1-3-20(21)22/h1-8,15,17,29H,9-14,16H2,(H,26,30). The summed E-state index contributed by atoms with van der Waals surface area (Å²) in [7, 11) is 0. The second-order valence-corrected chi connectivity index (χ2v) is 8.23. The Balaban J connectivity index is 1.41. The van der Waals surface area contributed by atoms with Crippen molar-refractivity contribution in [3.8, 4) is 11.1 Å². The molecule has 2 N–H and O–H groups in total. The van der Waals surface area contributed by atoms with Crippen LogP contribution in [0.1, 0.15) is 24.8 Å². The molecule has 4 aromatic rings. The van der Waals surface area contributed by atoms with Crippen molar-refractivity contribution in [3.63, 3.8) is 0 Å². The van der Waals surface area contributed by atoms with Crippen molar-refractivity contribution in [1.29, 1.82) is 0 Å². The van der Waals surface area contributed by atoms with Gasteiger partial charge in [0.2, 0.25) is 0 Å². The first-order valence-corrected chi connectivity index (χ1v) is 10.6. The van der Waals surface area contributed by atoms with Gasteiger partial charge in [0, 0.05) is 18.5 Å². The molecule has 1 fully saturated rings. The molecule has 3 heterocycles. The molecule has 6 nitrogen and oxygen atoms in total. The highest BCUT2D eigenvalue weighted by molar-refractivity contribution is 5.97. The molecule has 0 aliphatic carbocycles. The Morgan fingerprint density at radius 1 is 1.07 bits per heavy atom. The van der Waals surface area contributed by atoms with Crippen LogP contribution >= 0.6 is 0 Å². The lowest BCUT2D eigenvalue weighted by Gasteiger charge is -2.31. The molecule has 154 valence electrons. The van der Waals surface area contributed by atoms with Crippen LogP contribution in [0.5, 0.6) is 0 Å². The van der Waals surface area contributed by atoms with Gasteiger partial charge < -0.3 is 5.11 Å². The minimum absolute atomic E-state index is 0.217. The average molecular weight is 402 g/mol. The van der Waals surface area contributed by atoms with Gasteiger partial charge in [-0.05, 0) is 67.1 Å². The molecule has 30 heavy (non-hydrogen) atoms. The summed E-state index contributed by atoms with van der Waals surface area (Å²) < 4.78 is 1.62. The monoisotopic (exact) mass is 402 g/mol. The van der Waals surface area contributed by atoms with E-state index in [2.05, 4.69) is 39.4 Å². The molecule has 0 saturated carbocycles. The fourth-order valence-corrected chi connectivity index (χ4v) is 4.64. The molecular weight excluding hydrogens is 376 g/mol. The summed E-state index contributed by atoms with van der Waals surface area (Å²) >= 11 is 0. The quantitative estimate of drug-likeness (QED) is 0.536. The summed E-state index contributed by atoms with van der Waals surface area (Å²) in [6.45, 7) is 3.46. The van der Waals surface area contributed by atoms with Gasteiger partial charge in [-0.1, -0.05) is 42.5 Å². The Bertz CT molecular complexity index is 1220. The number of hydrogen-bond donors (Lipinski definition) is 2. The van der Waals surface area contributed by atoms with Gasteiger partial charge in [-0.2, -0.15) is 5.10 Å². The summed E-state index contributed by atoms with van der Waals surface area (Å²) in [5, 5.41) is 16.9. The molecule has 0 atom stereocenters. The average Bonchev–Trinajstić information content (AvgIpc) is 3.16. The molecule has 5 rings (SSSR count). The number of H-pyrrole nitrogens is 1. The fraction of sp³-hybridized carbons (Fsp3) is 0.333. The zero-order valence-corrected chi connectivity index (χ0v) is 16.9. The number of likely N-dealkylation sites (tertiary alicyclic amines) is 1. The predicted molar refractivity (Wildman–Crippen MR) is 118 cm³/mol. The normalized spacial score (nSPS) is 15.9. The van der Waals surface area contributed by atoms with E-state index in [1.165, 1.54) is 18.4 Å². The molecule has 0 radical (unpaired) electrons. The van der Waals surface area contributed by atoms with Gasteiger partial charge in [0.1, 0.15) is 0 Å². The van der Waals surface area contributed by atoms with Gasteiger partial charge in [-0.3, -0.25) is 4.90 Å². The van der Waals surface area contributed by atoms with E-state index in [-0.39, 0.29) is 5.69 Å². The summed E-state index contributed by atoms with van der Waals surface area (Å²) in [5.41, 5.74) is 4.77. The third-order valence-electron chi connectivity index (χ3n) is 6.32. The second kappa shape index (κ2) is 8.05. The molecule has 0 unspecified atom stereocenters. The van der Waals surface area contributed by atoms with E-state index >= 15 is 0 Å². The van der Waals surface area contributed by atoms with E-state index < -0.39 is 0 Å². The van der Waals surface area contributed by atoms with Crippen LogP contribution in [-0.2, 0) is 6.54 Å². The van der Waals surface area contributed by atoms with Crippen molar-refractivity contribution in [3.05, 3.63) is 70.6 Å². The van der Waals surface area contributed by atoms with E-state index in [0.717, 1.165) is 48.1 Å². The Kier molecular flexibility index (Phi) is 5.11. The Hall–Kier alpha value is -2.96. The number of rotatable bonds is 5. The lowest BCUT2D eigenvalue weighted by Crippen LogP contribution is -2.33. The van der Waals surface area contributed by atoms with Crippen molar-refractivity contribution in [2.24, 2.45) is 5.92 Å². The van der Waals surface area contributed by atoms with Crippen LogP contribution in [0.4, 0.5) is 0 Å². The van der Waals surface area contributed by atoms with Crippen LogP contribution in [0, 0.1) is 5.92 Å². The highest BCUT2D eigenvalue weighted by Gasteiger charge is 2.19. The number of nitrogens with zero attached hydrogens (tertiary/aromatic N) is 3. The van der Waals surface area contributed by atoms with Crippen molar-refractivity contribution in [1.82, 2.24) is 19.5 Å². The van der Waals surface area contributed by atoms with Gasteiger partial charge in [0.25, 0.3) is 0 Å². The fourth-order valence-electron chi connectivity index (χ4n) is 4.64. The summed E-state index contributed by atoms with van der Waals surface area (Å²) in [6.07, 6.45) is 3.28. The van der Waals surface area contributed by atoms with Crippen molar-refractivity contribution in [2.45, 2.75) is 25.8 Å². The number of pyridine rings is 1. The van der Waals surface area contributed by atoms with Gasteiger partial charge in [0.15, 0.2) is 5.65 Å². The Morgan fingerprint density at radius 2 is 1.83 bits per heavy atom. The molecule has 1 saturated heterocycles. The lowest BCUT2D eigenvalue weighted by atomic mass is 9.93. The van der Waals surface area contributed by atoms with Crippen molar-refractivity contribution < 1.29 is 5.11 Å². The minimum Gasteiger partial charge on any atom is -0.396 e. The molecule has 0 amide bonds. The zero-order chi connectivity index (χ0) is 20.5. The molecule has 0 bridgehead atoms. The van der Waals surface area contributed by atoms with Crippen LogP contribution in [0.3, 0.4) is 0 Å². The van der Waals surface area contributed by atoms with E-state index in [1.807, 2.05) is 30.3 Å². The molecule has 1 aliphatic rings. The van der Waals surface area contributed by atoms with Gasteiger partial charge in [-0.25, -0.2) is 14.3 Å². The number of aromatic amines is 1. The van der Waals surface area contributed by atoms with Gasteiger partial charge >= 0.3 is 5.69 Å². The summed E-state index contributed by atoms with van der Waals surface area (Å²) in [4.78, 5) is 14.7. The number of nitrogens with one attached hydrogen (secondary N) is 1. The van der Waals surface area contributed by atoms with Crippen molar-refractivity contribution in [2.75, 3.05) is 19.7 Å². The maximum Gasteiger partial charge on any atom is 0.348 e. The highest BCUT2D eigenvalue weighted by atomic mass is 16.3. The molecule has 0 spiro atoms. The minimum atomic E-state index is -0.217. The van der Waals surface area contributed by atoms with Crippen LogP contribution < -0.4 is 5.69 Å². The molecule has 2 aromatic heterocycles. The molecule has 6 heteroatoms. The first-order chi connectivity index (χ1) is 14.7. The number of aromatic nitrogens is 3. The van der Waals surface area contributed by atoms with Crippen molar-refractivity contribution >= 4 is 16.6 Å². The second-order valence-electron chi connectivity index (χ2n) is 8.23. The summed E-state index contributed by atoms with van der Waals surface area (Å²) in [5.74, 6) is 0.673. The van der Waals surface area contributed by atoms with E-state index in [4.69, 9.17) is 5.11 Å². The first kappa shape index (κ1) is 19.0. The Labute approximate surface area is 174 Å². The Morgan fingerprint density at radius 3 is 2.60 bits per heavy atom. The molecule has 1 aliphatic heterocycles. The van der Waals surface area contributed by atoms with E-state index in [1.54, 1.807) is 4.40 Å². The molecule has 2 aromatic carbocycles. The van der Waals surface area contributed by atoms with Gasteiger partial charge in [-0.15, -0.1) is 0 Å². The van der Waals surface area contributed by atoms with Crippen LogP contribution in [0.25, 0.3) is 27.7 Å². The number of benzene rings is 2. The summed E-state index contributed by atoms with van der Waals surface area (Å²) in [6, 6.07) is 18.6. The number of piperidine rings is 1. The van der Waals surface area contributed by atoms with Gasteiger partial charge in [0.05, 0.1) is 5.52 Å². The largest absolute Gasteiger partial charge is 0.396 e. The zero-order valence-electron chi connectivity index (χ0n) is 16.9. The highest BCUT2D eigenvalue weighted by Crippen LogP contribution is 2.30. The first-order valence-electron chi connectivity index (χ1n) is 10.6. The predicted octanol–water partition coefficient (Wildman–Crippen LogP) is 3.44. The maximum atomic E-state index is 12.2. The third kappa shape index (κ3) is 3.53. The number of para-hydroxylation sites is 1. The number of fused-ring (bicyclic) bond motifs is 3. The van der Waals surface area contributed by atoms with Crippen LogP contribution in [-0.4, -0.2) is 44.3 Å².